The predicted molar refractivity (Wildman–Crippen MR) is 81.9 cm³/mol. The van der Waals surface area contributed by atoms with E-state index in [4.69, 9.17) is 0 Å². The molecule has 3 rings (SSSR count). The molecule has 116 valence electrons. The molecule has 2 atom stereocenters. The molecule has 1 fully saturated rings. The molecule has 1 saturated heterocycles. The Hall–Kier alpha value is -2.21. The molecule has 1 aliphatic heterocycles. The Bertz CT molecular complexity index is 674. The van der Waals surface area contributed by atoms with Crippen molar-refractivity contribution in [1.29, 1.82) is 0 Å². The Labute approximate surface area is 128 Å². The van der Waals surface area contributed by atoms with Gasteiger partial charge < -0.3 is 10.2 Å². The molecule has 1 amide bonds. The number of piperazine rings is 1. The van der Waals surface area contributed by atoms with E-state index in [0.29, 0.717) is 29.9 Å². The second-order valence-corrected chi connectivity index (χ2v) is 5.82. The van der Waals surface area contributed by atoms with Gasteiger partial charge in [0.15, 0.2) is 0 Å². The number of aromatic amines is 1. The van der Waals surface area contributed by atoms with Crippen molar-refractivity contribution in [3.8, 4) is 11.3 Å². The summed E-state index contributed by atoms with van der Waals surface area (Å²) in [7, 11) is 0. The second-order valence-electron chi connectivity index (χ2n) is 5.82. The molecular formula is C16H19FN4O. The Kier molecular flexibility index (Phi) is 3.94. The minimum absolute atomic E-state index is 0.118. The lowest BCUT2D eigenvalue weighted by Gasteiger charge is -2.36. The van der Waals surface area contributed by atoms with Crippen molar-refractivity contribution >= 4 is 5.91 Å². The molecule has 2 unspecified atom stereocenters. The fourth-order valence-electron chi connectivity index (χ4n) is 2.98. The van der Waals surface area contributed by atoms with Gasteiger partial charge in [0.25, 0.3) is 5.91 Å². The Morgan fingerprint density at radius 3 is 2.64 bits per heavy atom. The van der Waals surface area contributed by atoms with Crippen molar-refractivity contribution < 1.29 is 9.18 Å². The van der Waals surface area contributed by atoms with Crippen LogP contribution >= 0.6 is 0 Å². The molecule has 2 N–H and O–H groups in total. The van der Waals surface area contributed by atoms with Crippen LogP contribution in [0.15, 0.2) is 30.5 Å². The normalized spacial score (nSPS) is 21.9. The monoisotopic (exact) mass is 302 g/mol. The van der Waals surface area contributed by atoms with Gasteiger partial charge in [0.2, 0.25) is 0 Å². The summed E-state index contributed by atoms with van der Waals surface area (Å²) in [5.41, 5.74) is 1.20. The van der Waals surface area contributed by atoms with Gasteiger partial charge in [-0.3, -0.25) is 9.89 Å². The van der Waals surface area contributed by atoms with E-state index in [0.717, 1.165) is 0 Å². The molecule has 6 heteroatoms. The van der Waals surface area contributed by atoms with Crippen LogP contribution in [0.5, 0.6) is 0 Å². The molecule has 0 bridgehead atoms. The summed E-state index contributed by atoms with van der Waals surface area (Å²) < 4.78 is 14.0. The number of aromatic nitrogens is 2. The Morgan fingerprint density at radius 2 is 1.95 bits per heavy atom. The summed E-state index contributed by atoms with van der Waals surface area (Å²) >= 11 is 0. The van der Waals surface area contributed by atoms with Crippen molar-refractivity contribution in [1.82, 2.24) is 20.4 Å². The van der Waals surface area contributed by atoms with Gasteiger partial charge in [0.05, 0.1) is 17.5 Å². The van der Waals surface area contributed by atoms with Gasteiger partial charge in [-0.15, -0.1) is 0 Å². The van der Waals surface area contributed by atoms with Crippen LogP contribution in [0.3, 0.4) is 0 Å². The zero-order valence-electron chi connectivity index (χ0n) is 12.6. The Morgan fingerprint density at radius 1 is 1.27 bits per heavy atom. The number of hydrogen-bond acceptors (Lipinski definition) is 3. The predicted octanol–water partition coefficient (Wildman–Crippen LogP) is 2.04. The van der Waals surface area contributed by atoms with E-state index in [1.54, 1.807) is 23.1 Å². The first-order valence-electron chi connectivity index (χ1n) is 7.40. The first-order valence-corrected chi connectivity index (χ1v) is 7.40. The molecule has 22 heavy (non-hydrogen) atoms. The van der Waals surface area contributed by atoms with E-state index in [1.165, 1.54) is 12.3 Å². The van der Waals surface area contributed by atoms with Crippen LogP contribution in [0.2, 0.25) is 0 Å². The maximum absolute atomic E-state index is 14.0. The smallest absolute Gasteiger partial charge is 0.257 e. The average Bonchev–Trinajstić information content (AvgIpc) is 2.95. The van der Waals surface area contributed by atoms with E-state index in [-0.39, 0.29) is 23.8 Å². The second kappa shape index (κ2) is 5.88. The highest BCUT2D eigenvalue weighted by Gasteiger charge is 2.28. The third kappa shape index (κ3) is 2.74. The number of H-pyrrole nitrogens is 1. The molecule has 0 radical (unpaired) electrons. The summed E-state index contributed by atoms with van der Waals surface area (Å²) in [5.74, 6) is -0.491. The summed E-state index contributed by atoms with van der Waals surface area (Å²) in [5, 5.41) is 10.1. The van der Waals surface area contributed by atoms with Gasteiger partial charge in [-0.25, -0.2) is 4.39 Å². The SMILES string of the molecule is CC1CN(C(=O)c2cn[nH]c2-c2ccccc2F)CC(C)N1. The zero-order valence-corrected chi connectivity index (χ0v) is 12.6. The lowest BCUT2D eigenvalue weighted by atomic mass is 10.1. The van der Waals surface area contributed by atoms with Crippen LogP contribution in [-0.2, 0) is 0 Å². The van der Waals surface area contributed by atoms with Crippen molar-refractivity contribution in [3.63, 3.8) is 0 Å². The van der Waals surface area contributed by atoms with Crippen molar-refractivity contribution in [3.05, 3.63) is 41.8 Å². The summed E-state index contributed by atoms with van der Waals surface area (Å²) in [6, 6.07) is 6.84. The Balaban J connectivity index is 1.92. The number of rotatable bonds is 2. The third-order valence-corrected chi connectivity index (χ3v) is 3.86. The highest BCUT2D eigenvalue weighted by molar-refractivity contribution is 5.99. The fourth-order valence-corrected chi connectivity index (χ4v) is 2.98. The van der Waals surface area contributed by atoms with Gasteiger partial charge >= 0.3 is 0 Å². The molecule has 2 heterocycles. The minimum Gasteiger partial charge on any atom is -0.335 e. The fraction of sp³-hybridized carbons (Fsp3) is 0.375. The van der Waals surface area contributed by atoms with Crippen LogP contribution in [0.1, 0.15) is 24.2 Å². The standard InChI is InChI=1S/C16H19FN4O/c1-10-8-21(9-11(2)19-10)16(22)13-7-18-20-15(13)12-5-3-4-6-14(12)17/h3-7,10-11,19H,8-9H2,1-2H3,(H,18,20). The summed E-state index contributed by atoms with van der Waals surface area (Å²) in [6.07, 6.45) is 1.47. The molecule has 1 aromatic carbocycles. The van der Waals surface area contributed by atoms with Gasteiger partial charge in [0.1, 0.15) is 5.82 Å². The van der Waals surface area contributed by atoms with Crippen molar-refractivity contribution in [2.24, 2.45) is 0 Å². The topological polar surface area (TPSA) is 61.0 Å². The number of carbonyl (C=O) groups excluding carboxylic acids is 1. The zero-order chi connectivity index (χ0) is 15.7. The van der Waals surface area contributed by atoms with Gasteiger partial charge in [-0.05, 0) is 26.0 Å². The van der Waals surface area contributed by atoms with Crippen molar-refractivity contribution in [2.45, 2.75) is 25.9 Å². The lowest BCUT2D eigenvalue weighted by Crippen LogP contribution is -2.55. The molecule has 0 saturated carbocycles. The van der Waals surface area contributed by atoms with E-state index in [1.807, 2.05) is 13.8 Å². The number of benzene rings is 1. The highest BCUT2D eigenvalue weighted by Crippen LogP contribution is 2.25. The molecule has 1 aliphatic rings. The van der Waals surface area contributed by atoms with E-state index >= 15 is 0 Å². The van der Waals surface area contributed by atoms with Gasteiger partial charge in [0, 0.05) is 30.7 Å². The average molecular weight is 302 g/mol. The number of nitrogens with one attached hydrogen (secondary N) is 2. The number of halogens is 1. The largest absolute Gasteiger partial charge is 0.335 e. The molecule has 2 aromatic rings. The van der Waals surface area contributed by atoms with Gasteiger partial charge in [-0.1, -0.05) is 12.1 Å². The molecule has 0 spiro atoms. The highest BCUT2D eigenvalue weighted by atomic mass is 19.1. The van der Waals surface area contributed by atoms with Crippen molar-refractivity contribution in [2.75, 3.05) is 13.1 Å². The van der Waals surface area contributed by atoms with Gasteiger partial charge in [-0.2, -0.15) is 5.10 Å². The summed E-state index contributed by atoms with van der Waals surface area (Å²) in [6.45, 7) is 5.35. The van der Waals surface area contributed by atoms with Crippen LogP contribution in [0, 0.1) is 5.82 Å². The van der Waals surface area contributed by atoms with E-state index in [2.05, 4.69) is 15.5 Å². The quantitative estimate of drug-likeness (QED) is 0.892. The minimum atomic E-state index is -0.372. The first kappa shape index (κ1) is 14.7. The third-order valence-electron chi connectivity index (χ3n) is 3.86. The number of nitrogens with zero attached hydrogens (tertiary/aromatic N) is 2. The summed E-state index contributed by atoms with van der Waals surface area (Å²) in [4.78, 5) is 14.6. The lowest BCUT2D eigenvalue weighted by molar-refractivity contribution is 0.0674. The van der Waals surface area contributed by atoms with E-state index < -0.39 is 0 Å². The molecule has 1 aromatic heterocycles. The number of carbonyl (C=O) groups is 1. The molecular weight excluding hydrogens is 283 g/mol. The van der Waals surface area contributed by atoms with Crippen LogP contribution < -0.4 is 5.32 Å². The number of hydrogen-bond donors (Lipinski definition) is 2. The number of amides is 1. The molecule has 5 nitrogen and oxygen atoms in total. The van der Waals surface area contributed by atoms with Crippen LogP contribution in [0.25, 0.3) is 11.3 Å². The van der Waals surface area contributed by atoms with Crippen LogP contribution in [-0.4, -0.2) is 46.2 Å². The van der Waals surface area contributed by atoms with E-state index in [9.17, 15) is 9.18 Å². The molecule has 0 aliphatic carbocycles. The maximum atomic E-state index is 14.0. The first-order chi connectivity index (χ1) is 10.6. The van der Waals surface area contributed by atoms with Crippen LogP contribution in [0.4, 0.5) is 4.39 Å². The maximum Gasteiger partial charge on any atom is 0.257 e.